The molecular weight excluding hydrogens is 274 g/mol. The third-order valence-electron chi connectivity index (χ3n) is 2.93. The van der Waals surface area contributed by atoms with Crippen LogP contribution >= 0.6 is 11.6 Å². The second kappa shape index (κ2) is 5.19. The number of H-pyrrole nitrogens is 1. The quantitative estimate of drug-likeness (QED) is 0.803. The molecule has 0 aliphatic heterocycles. The lowest BCUT2D eigenvalue weighted by Gasteiger charge is -2.03. The molecule has 0 atom stereocenters. The third kappa shape index (κ3) is 2.42. The predicted molar refractivity (Wildman–Crippen MR) is 75.1 cm³/mol. The molecule has 6 heteroatoms. The first-order chi connectivity index (χ1) is 9.76. The van der Waals surface area contributed by atoms with Gasteiger partial charge in [0.05, 0.1) is 0 Å². The molecule has 0 saturated carbocycles. The summed E-state index contributed by atoms with van der Waals surface area (Å²) in [5.41, 5.74) is 2.83. The summed E-state index contributed by atoms with van der Waals surface area (Å²) in [7, 11) is 0. The molecule has 2 aromatic heterocycles. The summed E-state index contributed by atoms with van der Waals surface area (Å²) >= 11 is 5.97. The van der Waals surface area contributed by atoms with E-state index in [1.54, 1.807) is 0 Å². The highest BCUT2D eigenvalue weighted by molar-refractivity contribution is 6.30. The zero-order valence-corrected chi connectivity index (χ0v) is 11.2. The molecule has 0 bridgehead atoms. The summed E-state index contributed by atoms with van der Waals surface area (Å²) in [5.74, 6) is 0. The number of hydrogen-bond donors (Lipinski definition) is 1. The topological polar surface area (TPSA) is 70.3 Å². The molecule has 0 aliphatic rings. The molecule has 1 N–H and O–H groups in total. The van der Waals surface area contributed by atoms with Gasteiger partial charge in [0.2, 0.25) is 0 Å². The monoisotopic (exact) mass is 283 g/mol. The van der Waals surface area contributed by atoms with E-state index in [-0.39, 0.29) is 0 Å². The van der Waals surface area contributed by atoms with Crippen molar-refractivity contribution in [2.75, 3.05) is 0 Å². The highest BCUT2D eigenvalue weighted by atomic mass is 35.5. The minimum absolute atomic E-state index is 0.297. The number of nitriles is 1. The summed E-state index contributed by atoms with van der Waals surface area (Å²) < 4.78 is 2.01. The van der Waals surface area contributed by atoms with E-state index in [0.717, 1.165) is 16.1 Å². The highest BCUT2D eigenvalue weighted by Crippen LogP contribution is 2.20. The average Bonchev–Trinajstić information content (AvgIpc) is 3.06. The average molecular weight is 284 g/mol. The first kappa shape index (κ1) is 12.5. The lowest BCUT2D eigenvalue weighted by atomic mass is 10.2. The van der Waals surface area contributed by atoms with Crippen LogP contribution < -0.4 is 0 Å². The second-order valence-electron chi connectivity index (χ2n) is 4.34. The lowest BCUT2D eigenvalue weighted by molar-refractivity contribution is 0.806. The Morgan fingerprint density at radius 3 is 3.00 bits per heavy atom. The maximum Gasteiger partial charge on any atom is 0.190 e. The molecule has 0 spiro atoms. The molecule has 3 aromatic rings. The SMILES string of the molecule is N#Cc1n[nH]nc1-c1ccn(Cc2cccc(Cl)c2)c1. The molecule has 0 amide bonds. The van der Waals surface area contributed by atoms with Crippen LogP contribution in [-0.4, -0.2) is 20.0 Å². The van der Waals surface area contributed by atoms with Crippen LogP contribution in [-0.2, 0) is 6.54 Å². The molecule has 0 saturated heterocycles. The van der Waals surface area contributed by atoms with E-state index in [0.29, 0.717) is 17.9 Å². The van der Waals surface area contributed by atoms with Gasteiger partial charge in [-0.2, -0.15) is 15.6 Å². The number of rotatable bonds is 3. The normalized spacial score (nSPS) is 10.4. The van der Waals surface area contributed by atoms with Crippen molar-refractivity contribution < 1.29 is 0 Å². The standard InChI is InChI=1S/C14H10ClN5/c15-12-3-1-2-10(6-12)8-20-5-4-11(9-20)14-13(7-16)17-19-18-14/h1-6,9H,8H2,(H,17,18,19). The van der Waals surface area contributed by atoms with E-state index < -0.39 is 0 Å². The lowest BCUT2D eigenvalue weighted by Crippen LogP contribution is -1.95. The molecule has 1 aromatic carbocycles. The van der Waals surface area contributed by atoms with E-state index in [4.69, 9.17) is 16.9 Å². The predicted octanol–water partition coefficient (Wildman–Crippen LogP) is 2.85. The first-order valence-electron chi connectivity index (χ1n) is 5.98. The summed E-state index contributed by atoms with van der Waals surface area (Å²) in [6, 6.07) is 11.6. The van der Waals surface area contributed by atoms with E-state index >= 15 is 0 Å². The van der Waals surface area contributed by atoms with Gasteiger partial charge in [0.1, 0.15) is 11.8 Å². The van der Waals surface area contributed by atoms with Crippen molar-refractivity contribution in [2.45, 2.75) is 6.54 Å². The number of aromatic amines is 1. The largest absolute Gasteiger partial charge is 0.349 e. The number of hydrogen-bond acceptors (Lipinski definition) is 3. The van der Waals surface area contributed by atoms with Gasteiger partial charge in [0.15, 0.2) is 5.69 Å². The van der Waals surface area contributed by atoms with Crippen molar-refractivity contribution >= 4 is 11.6 Å². The number of benzene rings is 1. The third-order valence-corrected chi connectivity index (χ3v) is 3.17. The fourth-order valence-electron chi connectivity index (χ4n) is 2.04. The second-order valence-corrected chi connectivity index (χ2v) is 4.77. The van der Waals surface area contributed by atoms with E-state index in [9.17, 15) is 0 Å². The number of nitrogens with zero attached hydrogens (tertiary/aromatic N) is 4. The summed E-state index contributed by atoms with van der Waals surface area (Å²) in [6.07, 6.45) is 3.87. The molecule has 0 fully saturated rings. The fourth-order valence-corrected chi connectivity index (χ4v) is 2.25. The minimum atomic E-state index is 0.297. The Morgan fingerprint density at radius 2 is 2.20 bits per heavy atom. The highest BCUT2D eigenvalue weighted by Gasteiger charge is 2.10. The van der Waals surface area contributed by atoms with E-state index in [1.165, 1.54) is 0 Å². The Labute approximate surface area is 120 Å². The van der Waals surface area contributed by atoms with Gasteiger partial charge in [0, 0.05) is 29.5 Å². The van der Waals surface area contributed by atoms with Gasteiger partial charge >= 0.3 is 0 Å². The van der Waals surface area contributed by atoms with Crippen LogP contribution in [0.3, 0.4) is 0 Å². The van der Waals surface area contributed by atoms with E-state index in [2.05, 4.69) is 15.4 Å². The molecule has 98 valence electrons. The summed E-state index contributed by atoms with van der Waals surface area (Å²) in [5, 5.41) is 19.9. The van der Waals surface area contributed by atoms with Crippen LogP contribution in [0.25, 0.3) is 11.3 Å². The fraction of sp³-hybridized carbons (Fsp3) is 0.0714. The van der Waals surface area contributed by atoms with Gasteiger partial charge in [-0.15, -0.1) is 5.10 Å². The van der Waals surface area contributed by atoms with Gasteiger partial charge in [0.25, 0.3) is 0 Å². The van der Waals surface area contributed by atoms with Crippen LogP contribution in [0, 0.1) is 11.3 Å². The Hall–Kier alpha value is -2.58. The molecule has 0 aliphatic carbocycles. The zero-order chi connectivity index (χ0) is 13.9. The number of nitrogens with one attached hydrogen (secondary N) is 1. The summed E-state index contributed by atoms with van der Waals surface area (Å²) in [4.78, 5) is 0. The van der Waals surface area contributed by atoms with Gasteiger partial charge < -0.3 is 4.57 Å². The zero-order valence-electron chi connectivity index (χ0n) is 10.4. The first-order valence-corrected chi connectivity index (χ1v) is 6.35. The van der Waals surface area contributed by atoms with Crippen molar-refractivity contribution in [3.63, 3.8) is 0 Å². The van der Waals surface area contributed by atoms with Gasteiger partial charge in [-0.1, -0.05) is 23.7 Å². The maximum absolute atomic E-state index is 8.95. The van der Waals surface area contributed by atoms with Crippen molar-refractivity contribution in [3.8, 4) is 17.3 Å². The van der Waals surface area contributed by atoms with Gasteiger partial charge in [-0.05, 0) is 23.8 Å². The van der Waals surface area contributed by atoms with Crippen LogP contribution in [0.15, 0.2) is 42.7 Å². The molecule has 0 unspecified atom stereocenters. The maximum atomic E-state index is 8.95. The van der Waals surface area contributed by atoms with Gasteiger partial charge in [-0.25, -0.2) is 0 Å². The van der Waals surface area contributed by atoms with Crippen molar-refractivity contribution in [1.29, 1.82) is 5.26 Å². The Morgan fingerprint density at radius 1 is 1.30 bits per heavy atom. The van der Waals surface area contributed by atoms with Crippen molar-refractivity contribution in [2.24, 2.45) is 0 Å². The summed E-state index contributed by atoms with van der Waals surface area (Å²) in [6.45, 7) is 0.709. The van der Waals surface area contributed by atoms with Crippen LogP contribution in [0.5, 0.6) is 0 Å². The number of halogens is 1. The molecule has 20 heavy (non-hydrogen) atoms. The molecule has 3 rings (SSSR count). The molecule has 5 nitrogen and oxygen atoms in total. The molecular formula is C14H10ClN5. The Bertz CT molecular complexity index is 781. The van der Waals surface area contributed by atoms with Crippen LogP contribution in [0.2, 0.25) is 5.02 Å². The minimum Gasteiger partial charge on any atom is -0.349 e. The van der Waals surface area contributed by atoms with Crippen LogP contribution in [0.1, 0.15) is 11.3 Å². The Balaban J connectivity index is 1.86. The van der Waals surface area contributed by atoms with Crippen molar-refractivity contribution in [3.05, 3.63) is 59.0 Å². The Kier molecular flexibility index (Phi) is 3.23. The van der Waals surface area contributed by atoms with Crippen molar-refractivity contribution in [1.82, 2.24) is 20.0 Å². The van der Waals surface area contributed by atoms with E-state index in [1.807, 2.05) is 53.4 Å². The molecule has 0 radical (unpaired) electrons. The smallest absolute Gasteiger partial charge is 0.190 e. The van der Waals surface area contributed by atoms with Crippen LogP contribution in [0.4, 0.5) is 0 Å². The number of aromatic nitrogens is 4. The molecule has 2 heterocycles. The van der Waals surface area contributed by atoms with Gasteiger partial charge in [-0.3, -0.25) is 0 Å².